The molecular weight excluding hydrogens is 493 g/mol. The predicted octanol–water partition coefficient (Wildman–Crippen LogP) is 3.20. The van der Waals surface area contributed by atoms with Crippen molar-refractivity contribution in [2.24, 2.45) is 11.8 Å². The van der Waals surface area contributed by atoms with Crippen LogP contribution in [-0.2, 0) is 9.53 Å². The average Bonchev–Trinajstić information content (AvgIpc) is 3.37. The Balaban J connectivity index is 1.11. The van der Waals surface area contributed by atoms with Crippen LogP contribution in [0.4, 0.5) is 22.8 Å². The fourth-order valence-corrected chi connectivity index (χ4v) is 5.36. The number of carbonyl (C=O) groups excluding carboxylic acids is 3. The van der Waals surface area contributed by atoms with Gasteiger partial charge < -0.3 is 24.2 Å². The molecule has 0 spiro atoms. The number of ether oxygens (including phenoxy) is 2. The number of fused-ring (bicyclic) bond motifs is 2. The molecule has 1 N–H and O–H groups in total. The molecule has 3 saturated heterocycles. The third-order valence-corrected chi connectivity index (χ3v) is 7.26. The normalized spacial score (nSPS) is 25.7. The van der Waals surface area contributed by atoms with Crippen molar-refractivity contribution in [1.82, 2.24) is 20.0 Å². The van der Waals surface area contributed by atoms with Gasteiger partial charge in [0.2, 0.25) is 5.91 Å². The Bertz CT molecular complexity index is 1100. The van der Waals surface area contributed by atoms with Crippen LogP contribution in [0.25, 0.3) is 6.08 Å². The maximum absolute atomic E-state index is 13.1. The van der Waals surface area contributed by atoms with Crippen molar-refractivity contribution in [3.63, 3.8) is 0 Å². The van der Waals surface area contributed by atoms with E-state index in [1.54, 1.807) is 15.9 Å². The summed E-state index contributed by atoms with van der Waals surface area (Å²) in [5, 5.41) is 2.64. The standard InChI is InChI=1S/C25H27F3N4O5/c26-25(27,28)37-19-4-1-16(2-5-19)3-6-22(33)30-10-7-17-13-32(14-18(17)8-11-30)24(35)31-12-9-20-21(15-31)36-23(34)29-20/h1-6,9,17-18,21H,7-8,10-15H2,(H,29,34)/b6-3+/t17-,18+,21-/m1/s1. The number of hydrogen-bond acceptors (Lipinski definition) is 5. The van der Waals surface area contributed by atoms with Gasteiger partial charge in [0.15, 0.2) is 6.10 Å². The number of urea groups is 1. The zero-order chi connectivity index (χ0) is 26.2. The first-order valence-electron chi connectivity index (χ1n) is 12.2. The molecule has 9 nitrogen and oxygen atoms in total. The van der Waals surface area contributed by atoms with Crippen LogP contribution in [-0.4, -0.2) is 84.5 Å². The van der Waals surface area contributed by atoms with Gasteiger partial charge in [-0.3, -0.25) is 10.1 Å². The van der Waals surface area contributed by atoms with Crippen LogP contribution in [0.2, 0.25) is 0 Å². The van der Waals surface area contributed by atoms with E-state index in [2.05, 4.69) is 10.1 Å². The van der Waals surface area contributed by atoms with E-state index in [0.29, 0.717) is 62.4 Å². The van der Waals surface area contributed by atoms with E-state index >= 15 is 0 Å². The first-order valence-corrected chi connectivity index (χ1v) is 12.2. The van der Waals surface area contributed by atoms with Gasteiger partial charge in [-0.25, -0.2) is 9.59 Å². The van der Waals surface area contributed by atoms with Crippen molar-refractivity contribution in [1.29, 1.82) is 0 Å². The number of likely N-dealkylation sites (tertiary alicyclic amines) is 2. The fraction of sp³-hybridized carbons (Fsp3) is 0.480. The van der Waals surface area contributed by atoms with Crippen LogP contribution in [0.15, 0.2) is 42.1 Å². The first kappa shape index (κ1) is 25.0. The Hall–Kier alpha value is -3.70. The van der Waals surface area contributed by atoms with E-state index in [1.165, 1.54) is 30.3 Å². The summed E-state index contributed by atoms with van der Waals surface area (Å²) in [6, 6.07) is 5.25. The molecule has 3 fully saturated rings. The monoisotopic (exact) mass is 520 g/mol. The summed E-state index contributed by atoms with van der Waals surface area (Å²) >= 11 is 0. The SMILES string of the molecule is O=C1NC2=CCN(C(=O)N3C[C@H]4CCN(C(=O)/C=C/c5ccc(OC(F)(F)F)cc5)CC[C@H]4C3)C[C@H]2O1. The summed E-state index contributed by atoms with van der Waals surface area (Å²) in [5.41, 5.74) is 1.30. The Morgan fingerprint density at radius 2 is 1.68 bits per heavy atom. The lowest BCUT2D eigenvalue weighted by molar-refractivity contribution is -0.274. The number of nitrogens with one attached hydrogen (secondary N) is 1. The van der Waals surface area contributed by atoms with Crippen molar-refractivity contribution in [2.75, 3.05) is 39.3 Å². The van der Waals surface area contributed by atoms with Gasteiger partial charge in [-0.2, -0.15) is 0 Å². The summed E-state index contributed by atoms with van der Waals surface area (Å²) in [5.74, 6) is 0.129. The Morgan fingerprint density at radius 1 is 1.00 bits per heavy atom. The second kappa shape index (κ2) is 9.98. The molecule has 3 atom stereocenters. The molecule has 0 aliphatic carbocycles. The average molecular weight is 521 g/mol. The molecule has 4 amide bonds. The van der Waals surface area contributed by atoms with Gasteiger partial charge in [0.05, 0.1) is 12.2 Å². The summed E-state index contributed by atoms with van der Waals surface area (Å²) < 4.78 is 45.9. The number of benzene rings is 1. The summed E-state index contributed by atoms with van der Waals surface area (Å²) in [7, 11) is 0. The van der Waals surface area contributed by atoms with Gasteiger partial charge in [-0.15, -0.1) is 13.2 Å². The minimum absolute atomic E-state index is 0.0613. The highest BCUT2D eigenvalue weighted by atomic mass is 19.4. The van der Waals surface area contributed by atoms with Gasteiger partial charge in [0, 0.05) is 38.8 Å². The number of amides is 4. The molecule has 4 aliphatic rings. The summed E-state index contributed by atoms with van der Waals surface area (Å²) in [6.45, 7) is 3.16. The van der Waals surface area contributed by atoms with Crippen molar-refractivity contribution in [3.8, 4) is 5.75 Å². The van der Waals surface area contributed by atoms with E-state index in [4.69, 9.17) is 4.74 Å². The van der Waals surface area contributed by atoms with E-state index < -0.39 is 18.6 Å². The number of halogens is 3. The lowest BCUT2D eigenvalue weighted by atomic mass is 9.92. The second-order valence-electron chi connectivity index (χ2n) is 9.64. The molecule has 4 heterocycles. The molecule has 198 valence electrons. The molecule has 4 aliphatic heterocycles. The minimum atomic E-state index is -4.75. The molecule has 5 rings (SSSR count). The number of nitrogens with zero attached hydrogens (tertiary/aromatic N) is 3. The second-order valence-corrected chi connectivity index (χ2v) is 9.64. The molecule has 12 heteroatoms. The van der Waals surface area contributed by atoms with Crippen LogP contribution in [0.5, 0.6) is 5.75 Å². The van der Waals surface area contributed by atoms with Gasteiger partial charge in [-0.1, -0.05) is 12.1 Å². The lowest BCUT2D eigenvalue weighted by Crippen LogP contribution is -2.48. The maximum atomic E-state index is 13.1. The third-order valence-electron chi connectivity index (χ3n) is 7.26. The van der Waals surface area contributed by atoms with Gasteiger partial charge in [0.25, 0.3) is 0 Å². The van der Waals surface area contributed by atoms with E-state index in [1.807, 2.05) is 11.0 Å². The van der Waals surface area contributed by atoms with Crippen molar-refractivity contribution < 1.29 is 37.0 Å². The van der Waals surface area contributed by atoms with Crippen molar-refractivity contribution in [3.05, 3.63) is 47.7 Å². The number of alkyl halides is 3. The van der Waals surface area contributed by atoms with E-state index in [9.17, 15) is 27.6 Å². The van der Waals surface area contributed by atoms with Crippen LogP contribution < -0.4 is 10.1 Å². The van der Waals surface area contributed by atoms with Crippen molar-refractivity contribution >= 4 is 24.1 Å². The number of carbonyl (C=O) groups is 3. The summed E-state index contributed by atoms with van der Waals surface area (Å²) in [4.78, 5) is 42.6. The molecule has 0 saturated carbocycles. The summed E-state index contributed by atoms with van der Waals surface area (Å²) in [6.07, 6.45) is 0.709. The van der Waals surface area contributed by atoms with Gasteiger partial charge in [-0.05, 0) is 54.5 Å². The Labute approximate surface area is 211 Å². The Morgan fingerprint density at radius 3 is 2.32 bits per heavy atom. The maximum Gasteiger partial charge on any atom is 0.573 e. The van der Waals surface area contributed by atoms with Gasteiger partial charge in [0.1, 0.15) is 5.75 Å². The third kappa shape index (κ3) is 5.83. The molecule has 0 bridgehead atoms. The zero-order valence-electron chi connectivity index (χ0n) is 19.9. The zero-order valence-corrected chi connectivity index (χ0v) is 19.9. The number of rotatable bonds is 3. The van der Waals surface area contributed by atoms with Crippen LogP contribution >= 0.6 is 0 Å². The quantitative estimate of drug-likeness (QED) is 0.619. The first-order chi connectivity index (χ1) is 17.6. The highest BCUT2D eigenvalue weighted by Gasteiger charge is 2.41. The molecule has 0 radical (unpaired) electrons. The Kier molecular flexibility index (Phi) is 6.74. The van der Waals surface area contributed by atoms with E-state index in [-0.39, 0.29) is 17.7 Å². The fourth-order valence-electron chi connectivity index (χ4n) is 5.36. The van der Waals surface area contributed by atoms with Crippen LogP contribution in [0.3, 0.4) is 0 Å². The highest BCUT2D eigenvalue weighted by Crippen LogP contribution is 2.33. The number of alkyl carbamates (subject to hydrolysis) is 1. The predicted molar refractivity (Wildman–Crippen MR) is 125 cm³/mol. The molecule has 1 aromatic carbocycles. The van der Waals surface area contributed by atoms with Crippen LogP contribution in [0.1, 0.15) is 18.4 Å². The molecular formula is C25H27F3N4O5. The smallest absolute Gasteiger partial charge is 0.438 e. The van der Waals surface area contributed by atoms with E-state index in [0.717, 1.165) is 12.8 Å². The largest absolute Gasteiger partial charge is 0.573 e. The molecule has 1 aromatic rings. The minimum Gasteiger partial charge on any atom is -0.438 e. The topological polar surface area (TPSA) is 91.4 Å². The molecule has 0 unspecified atom stereocenters. The number of hydrogen-bond donors (Lipinski definition) is 1. The molecule has 0 aromatic heterocycles. The lowest BCUT2D eigenvalue weighted by Gasteiger charge is -2.32. The van der Waals surface area contributed by atoms with Crippen LogP contribution in [0, 0.1) is 11.8 Å². The van der Waals surface area contributed by atoms with Gasteiger partial charge >= 0.3 is 18.5 Å². The van der Waals surface area contributed by atoms with Crippen molar-refractivity contribution in [2.45, 2.75) is 25.3 Å². The highest BCUT2D eigenvalue weighted by molar-refractivity contribution is 5.91. The molecule has 37 heavy (non-hydrogen) atoms.